The molecule has 2 N–H and O–H groups in total. The van der Waals surface area contributed by atoms with Crippen molar-refractivity contribution in [2.24, 2.45) is 24.3 Å². The van der Waals surface area contributed by atoms with Crippen LogP contribution in [0.5, 0.6) is 0 Å². The molecule has 3 aromatic rings. The third-order valence-electron chi connectivity index (χ3n) is 8.27. The van der Waals surface area contributed by atoms with E-state index in [9.17, 15) is 19.5 Å². The second-order valence-corrected chi connectivity index (χ2v) is 11.8. The molecule has 3 aromatic heterocycles. The number of anilines is 2. The Kier molecular flexibility index (Phi) is 5.61. The number of nitrogens with zero attached hydrogens (tertiary/aromatic N) is 4. The van der Waals surface area contributed by atoms with Gasteiger partial charge >= 0.3 is 0 Å². The van der Waals surface area contributed by atoms with Crippen molar-refractivity contribution in [1.82, 2.24) is 14.1 Å². The van der Waals surface area contributed by atoms with Gasteiger partial charge in [0, 0.05) is 55.3 Å². The molecule has 1 saturated carbocycles. The zero-order chi connectivity index (χ0) is 26.9. The Morgan fingerprint density at radius 1 is 1.21 bits per heavy atom. The fourth-order valence-corrected chi connectivity index (χ4v) is 6.11. The number of hydrogen-bond acceptors (Lipinski definition) is 5. The van der Waals surface area contributed by atoms with E-state index in [2.05, 4.69) is 28.7 Å². The highest BCUT2D eigenvalue weighted by molar-refractivity contribution is 6.06. The van der Waals surface area contributed by atoms with E-state index >= 15 is 0 Å². The predicted octanol–water partition coefficient (Wildman–Crippen LogP) is 3.12. The van der Waals surface area contributed by atoms with Crippen LogP contribution >= 0.6 is 0 Å². The molecule has 38 heavy (non-hydrogen) atoms. The fraction of sp³-hybridized carbons (Fsp3) is 0.448. The van der Waals surface area contributed by atoms with Gasteiger partial charge in [0.1, 0.15) is 17.2 Å². The molecule has 0 aromatic carbocycles. The first-order chi connectivity index (χ1) is 18.1. The highest BCUT2D eigenvalue weighted by Crippen LogP contribution is 2.40. The summed E-state index contributed by atoms with van der Waals surface area (Å²) in [6.45, 7) is 7.30. The molecule has 1 fully saturated rings. The minimum atomic E-state index is -0.335. The highest BCUT2D eigenvalue weighted by Gasteiger charge is 2.40. The van der Waals surface area contributed by atoms with Crippen LogP contribution in [0.2, 0.25) is 0 Å². The molecule has 2 amide bonds. The van der Waals surface area contributed by atoms with Crippen LogP contribution in [0.15, 0.2) is 35.4 Å². The van der Waals surface area contributed by atoms with E-state index < -0.39 is 0 Å². The number of fused-ring (bicyclic) bond motifs is 3. The van der Waals surface area contributed by atoms with Crippen molar-refractivity contribution in [3.8, 4) is 11.1 Å². The van der Waals surface area contributed by atoms with Crippen molar-refractivity contribution >= 4 is 23.3 Å². The number of amides is 2. The lowest BCUT2D eigenvalue weighted by molar-refractivity contribution is -0.117. The Morgan fingerprint density at radius 2 is 1.97 bits per heavy atom. The van der Waals surface area contributed by atoms with Gasteiger partial charge in [-0.25, -0.2) is 4.98 Å². The lowest BCUT2D eigenvalue weighted by Crippen LogP contribution is -2.41. The average Bonchev–Trinajstić information content (AvgIpc) is 3.41. The number of aliphatic hydroxyl groups is 1. The van der Waals surface area contributed by atoms with Gasteiger partial charge in [-0.1, -0.05) is 20.8 Å². The van der Waals surface area contributed by atoms with Crippen LogP contribution in [0.4, 0.5) is 11.5 Å². The van der Waals surface area contributed by atoms with Gasteiger partial charge in [-0.3, -0.25) is 19.3 Å². The Labute approximate surface area is 221 Å². The molecule has 0 spiro atoms. The van der Waals surface area contributed by atoms with Gasteiger partial charge in [0.05, 0.1) is 6.61 Å². The molecular weight excluding hydrogens is 482 g/mol. The summed E-state index contributed by atoms with van der Waals surface area (Å²) in [4.78, 5) is 45.1. The van der Waals surface area contributed by atoms with Crippen LogP contribution in [0.25, 0.3) is 11.1 Å². The summed E-state index contributed by atoms with van der Waals surface area (Å²) in [5.41, 5.74) is 5.05. The van der Waals surface area contributed by atoms with Crippen molar-refractivity contribution < 1.29 is 14.7 Å². The van der Waals surface area contributed by atoms with E-state index in [4.69, 9.17) is 0 Å². The third-order valence-corrected chi connectivity index (χ3v) is 8.27. The topological polar surface area (TPSA) is 109 Å². The molecule has 0 bridgehead atoms. The number of aromatic nitrogens is 3. The summed E-state index contributed by atoms with van der Waals surface area (Å²) in [7, 11) is 1.63. The molecule has 2 aliphatic carbocycles. The Balaban J connectivity index is 1.36. The zero-order valence-corrected chi connectivity index (χ0v) is 22.2. The first-order valence-corrected chi connectivity index (χ1v) is 13.2. The summed E-state index contributed by atoms with van der Waals surface area (Å²) < 4.78 is 3.57. The fourth-order valence-electron chi connectivity index (χ4n) is 6.11. The lowest BCUT2D eigenvalue weighted by Gasteiger charge is -2.31. The molecule has 1 aliphatic heterocycles. The number of carbonyl (C=O) groups is 2. The second-order valence-electron chi connectivity index (χ2n) is 11.8. The second kappa shape index (κ2) is 8.66. The standard InChI is InChI=1S/C29H33N5O4/c1-16-9-20(16)26(36)31-22-10-18(14-32(4)27(22)37)19-5-6-30-25(21(19)15-35)34-8-7-33-23(28(34)38)11-17-12-29(2,3)13-24(17)33/h5-6,10-11,14,16,20,35H,7-9,12-13,15H2,1-4H3,(H,31,36). The Morgan fingerprint density at radius 3 is 2.68 bits per heavy atom. The number of aryl methyl sites for hydroxylation is 1. The number of pyridine rings is 2. The molecule has 6 rings (SSSR count). The summed E-state index contributed by atoms with van der Waals surface area (Å²) in [6, 6.07) is 5.42. The molecule has 2 atom stereocenters. The Bertz CT molecular complexity index is 1550. The van der Waals surface area contributed by atoms with E-state index in [1.165, 1.54) is 15.8 Å². The highest BCUT2D eigenvalue weighted by atomic mass is 16.3. The van der Waals surface area contributed by atoms with E-state index in [1.807, 2.05) is 13.0 Å². The van der Waals surface area contributed by atoms with Crippen LogP contribution < -0.4 is 15.8 Å². The molecule has 9 heteroatoms. The van der Waals surface area contributed by atoms with Crippen LogP contribution in [0, 0.1) is 17.3 Å². The quantitative estimate of drug-likeness (QED) is 0.543. The van der Waals surface area contributed by atoms with Crippen molar-refractivity contribution in [1.29, 1.82) is 0 Å². The number of carbonyl (C=O) groups excluding carboxylic acids is 2. The minimum Gasteiger partial charge on any atom is -0.392 e. The molecule has 2 unspecified atom stereocenters. The summed E-state index contributed by atoms with van der Waals surface area (Å²) in [5.74, 6) is 0.382. The van der Waals surface area contributed by atoms with Crippen LogP contribution in [-0.2, 0) is 37.8 Å². The van der Waals surface area contributed by atoms with Gasteiger partial charge in [0.15, 0.2) is 0 Å². The summed E-state index contributed by atoms with van der Waals surface area (Å²) in [5, 5.41) is 13.2. The number of aliphatic hydroxyl groups excluding tert-OH is 1. The number of nitrogens with one attached hydrogen (secondary N) is 1. The van der Waals surface area contributed by atoms with Gasteiger partial charge < -0.3 is 19.6 Å². The predicted molar refractivity (Wildman–Crippen MR) is 144 cm³/mol. The van der Waals surface area contributed by atoms with Crippen molar-refractivity contribution in [2.45, 2.75) is 53.2 Å². The SMILES string of the molecule is CC1CC1C(=O)Nc1cc(-c2ccnc(N3CCn4c(cc5c4CC(C)(C)C5)C3=O)c2CO)cn(C)c1=O. The smallest absolute Gasteiger partial charge is 0.276 e. The third kappa shape index (κ3) is 3.96. The first-order valence-electron chi connectivity index (χ1n) is 13.2. The molecule has 198 valence electrons. The lowest BCUT2D eigenvalue weighted by atomic mass is 9.90. The van der Waals surface area contributed by atoms with Crippen molar-refractivity contribution in [3.63, 3.8) is 0 Å². The first kappa shape index (κ1) is 24.6. The van der Waals surface area contributed by atoms with Crippen molar-refractivity contribution in [2.75, 3.05) is 16.8 Å². The maximum Gasteiger partial charge on any atom is 0.276 e. The molecule has 0 radical (unpaired) electrons. The maximum absolute atomic E-state index is 13.7. The normalized spacial score (nSPS) is 21.3. The number of hydrogen-bond donors (Lipinski definition) is 2. The van der Waals surface area contributed by atoms with Crippen LogP contribution in [0.3, 0.4) is 0 Å². The van der Waals surface area contributed by atoms with Gasteiger partial charge in [-0.05, 0) is 59.9 Å². The molecule has 3 aliphatic rings. The van der Waals surface area contributed by atoms with E-state index in [0.717, 1.165) is 19.3 Å². The molecule has 4 heterocycles. The number of rotatable bonds is 5. The van der Waals surface area contributed by atoms with Crippen molar-refractivity contribution in [3.05, 3.63) is 63.5 Å². The van der Waals surface area contributed by atoms with Gasteiger partial charge in [0.2, 0.25) is 5.91 Å². The van der Waals surface area contributed by atoms with Crippen LogP contribution in [0.1, 0.15) is 54.5 Å². The van der Waals surface area contributed by atoms with E-state index in [1.54, 1.807) is 36.5 Å². The Hall–Kier alpha value is -3.72. The minimum absolute atomic E-state index is 0.0691. The van der Waals surface area contributed by atoms with E-state index in [0.29, 0.717) is 47.2 Å². The van der Waals surface area contributed by atoms with E-state index in [-0.39, 0.29) is 41.0 Å². The summed E-state index contributed by atoms with van der Waals surface area (Å²) in [6.07, 6.45) is 6.02. The average molecular weight is 516 g/mol. The molecule has 0 saturated heterocycles. The summed E-state index contributed by atoms with van der Waals surface area (Å²) >= 11 is 0. The largest absolute Gasteiger partial charge is 0.392 e. The monoisotopic (exact) mass is 515 g/mol. The van der Waals surface area contributed by atoms with Gasteiger partial charge in [-0.15, -0.1) is 0 Å². The van der Waals surface area contributed by atoms with Gasteiger partial charge in [-0.2, -0.15) is 0 Å². The zero-order valence-electron chi connectivity index (χ0n) is 22.2. The van der Waals surface area contributed by atoms with Crippen LogP contribution in [-0.4, -0.2) is 37.6 Å². The van der Waals surface area contributed by atoms with Gasteiger partial charge in [0.25, 0.3) is 11.5 Å². The molecule has 9 nitrogen and oxygen atoms in total. The molecular formula is C29H33N5O4. The maximum atomic E-state index is 13.7.